The highest BCUT2D eigenvalue weighted by atomic mass is 35.5. The van der Waals surface area contributed by atoms with E-state index >= 15 is 0 Å². The highest BCUT2D eigenvalue weighted by molar-refractivity contribution is 7.90. The Morgan fingerprint density at radius 3 is 2.43 bits per heavy atom. The van der Waals surface area contributed by atoms with Crippen LogP contribution in [0.25, 0.3) is 10.9 Å². The van der Waals surface area contributed by atoms with Gasteiger partial charge in [-0.1, -0.05) is 71.8 Å². The molecule has 0 fully saturated rings. The monoisotopic (exact) mass is 532 g/mol. The second-order valence-electron chi connectivity index (χ2n) is 9.56. The molecule has 0 bridgehead atoms. The predicted octanol–water partition coefficient (Wildman–Crippen LogP) is 5.27. The molecule has 37 heavy (non-hydrogen) atoms. The van der Waals surface area contributed by atoms with Crippen molar-refractivity contribution >= 4 is 38.5 Å². The van der Waals surface area contributed by atoms with Gasteiger partial charge >= 0.3 is 5.97 Å². The van der Waals surface area contributed by atoms with Gasteiger partial charge in [0.1, 0.15) is 5.54 Å². The quantitative estimate of drug-likeness (QED) is 0.264. The first kappa shape index (κ1) is 24.0. The maximum Gasteiger partial charge on any atom is 0.330 e. The number of para-hydroxylation sites is 1. The van der Waals surface area contributed by atoms with Gasteiger partial charge in [0, 0.05) is 23.4 Å². The number of methoxy groups -OCH3 is 1. The number of carbonyl (C=O) groups is 1. The molecule has 188 valence electrons. The third-order valence-electron chi connectivity index (χ3n) is 7.48. The van der Waals surface area contributed by atoms with Gasteiger partial charge < -0.3 is 4.74 Å². The van der Waals surface area contributed by atoms with Gasteiger partial charge in [-0.25, -0.2) is 17.2 Å². The number of aryl methyl sites for hydroxylation is 1. The summed E-state index contributed by atoms with van der Waals surface area (Å²) in [5, 5.41) is 1.38. The fourth-order valence-electron chi connectivity index (χ4n) is 5.78. The van der Waals surface area contributed by atoms with Crippen molar-refractivity contribution in [1.29, 1.82) is 0 Å². The highest BCUT2D eigenvalue weighted by Crippen LogP contribution is 2.49. The molecule has 3 heterocycles. The maximum absolute atomic E-state index is 14.3. The molecule has 0 unspecified atom stereocenters. The van der Waals surface area contributed by atoms with Crippen molar-refractivity contribution in [2.75, 3.05) is 13.7 Å². The van der Waals surface area contributed by atoms with Crippen LogP contribution in [0.2, 0.25) is 5.02 Å². The van der Waals surface area contributed by atoms with E-state index in [1.54, 1.807) is 36.4 Å². The summed E-state index contributed by atoms with van der Waals surface area (Å²) in [5.41, 5.74) is 2.80. The Labute approximate surface area is 220 Å². The van der Waals surface area contributed by atoms with Crippen LogP contribution in [0.3, 0.4) is 0 Å². The number of nitrogens with zero attached hydrogens (tertiary/aromatic N) is 2. The van der Waals surface area contributed by atoms with Gasteiger partial charge in [-0.05, 0) is 48.4 Å². The summed E-state index contributed by atoms with van der Waals surface area (Å²) in [6.45, 7) is 2.39. The van der Waals surface area contributed by atoms with Crippen LogP contribution in [0.4, 0.5) is 0 Å². The van der Waals surface area contributed by atoms with Crippen molar-refractivity contribution in [3.05, 3.63) is 112 Å². The Kier molecular flexibility index (Phi) is 5.56. The van der Waals surface area contributed by atoms with Crippen molar-refractivity contribution in [1.82, 2.24) is 8.87 Å². The number of benzene rings is 3. The molecule has 8 heteroatoms. The summed E-state index contributed by atoms with van der Waals surface area (Å²) in [6, 6.07) is 21.2. The number of halogens is 1. The topological polar surface area (TPSA) is 68.6 Å². The minimum absolute atomic E-state index is 0.209. The van der Waals surface area contributed by atoms with E-state index in [9.17, 15) is 13.2 Å². The SMILES string of the molecule is COC(=O)[C@]12C=CCN1[C@H](c1ccc(Cl)cc1)c1c(c3ccccc3n1S(=O)(=O)c1ccc(C)cc1)C2. The molecule has 2 aliphatic heterocycles. The zero-order valence-corrected chi connectivity index (χ0v) is 22.0. The van der Waals surface area contributed by atoms with E-state index in [0.29, 0.717) is 29.2 Å². The second kappa shape index (κ2) is 8.58. The number of hydrogen-bond acceptors (Lipinski definition) is 5. The van der Waals surface area contributed by atoms with Crippen LogP contribution in [0.15, 0.2) is 89.8 Å². The van der Waals surface area contributed by atoms with E-state index in [2.05, 4.69) is 0 Å². The van der Waals surface area contributed by atoms with Gasteiger partial charge in [0.2, 0.25) is 0 Å². The second-order valence-corrected chi connectivity index (χ2v) is 11.8. The molecule has 2 aliphatic rings. The molecule has 0 saturated heterocycles. The molecule has 4 aromatic rings. The molecule has 0 spiro atoms. The van der Waals surface area contributed by atoms with Gasteiger partial charge in [-0.2, -0.15) is 0 Å². The zero-order valence-electron chi connectivity index (χ0n) is 20.4. The molecule has 3 aromatic carbocycles. The van der Waals surface area contributed by atoms with Gasteiger partial charge in [-0.15, -0.1) is 0 Å². The van der Waals surface area contributed by atoms with Crippen LogP contribution in [0.5, 0.6) is 0 Å². The van der Waals surface area contributed by atoms with Crippen LogP contribution < -0.4 is 0 Å². The van der Waals surface area contributed by atoms with Gasteiger partial charge in [0.25, 0.3) is 10.0 Å². The van der Waals surface area contributed by atoms with Crippen LogP contribution >= 0.6 is 11.6 Å². The van der Waals surface area contributed by atoms with E-state index in [4.69, 9.17) is 16.3 Å². The summed E-state index contributed by atoms with van der Waals surface area (Å²) in [5.74, 6) is -0.371. The van der Waals surface area contributed by atoms with E-state index < -0.39 is 21.6 Å². The minimum Gasteiger partial charge on any atom is -0.467 e. The lowest BCUT2D eigenvalue weighted by molar-refractivity contribution is -0.152. The molecule has 0 aliphatic carbocycles. The molecule has 0 N–H and O–H groups in total. The third kappa shape index (κ3) is 3.49. The van der Waals surface area contributed by atoms with E-state index in [1.165, 1.54) is 11.1 Å². The molecule has 0 radical (unpaired) electrons. The Bertz CT molecular complexity index is 1670. The van der Waals surface area contributed by atoms with Crippen molar-refractivity contribution in [3.63, 3.8) is 0 Å². The number of rotatable bonds is 4. The van der Waals surface area contributed by atoms with Gasteiger partial charge in [0.05, 0.1) is 29.3 Å². The van der Waals surface area contributed by atoms with Gasteiger partial charge in [0.15, 0.2) is 0 Å². The Hall–Kier alpha value is -3.39. The smallest absolute Gasteiger partial charge is 0.330 e. The molecule has 2 atom stereocenters. The first-order valence-electron chi connectivity index (χ1n) is 12.0. The molecule has 0 amide bonds. The summed E-state index contributed by atoms with van der Waals surface area (Å²) in [7, 11) is -2.59. The largest absolute Gasteiger partial charge is 0.467 e. The average Bonchev–Trinajstić information content (AvgIpc) is 3.48. The number of carbonyl (C=O) groups excluding carboxylic acids is 1. The number of aromatic nitrogens is 1. The fourth-order valence-corrected chi connectivity index (χ4v) is 7.49. The average molecular weight is 533 g/mol. The first-order valence-corrected chi connectivity index (χ1v) is 13.8. The summed E-state index contributed by atoms with van der Waals surface area (Å²) >= 11 is 6.22. The molecule has 0 saturated carbocycles. The third-order valence-corrected chi connectivity index (χ3v) is 9.48. The minimum atomic E-state index is -3.98. The number of ether oxygens (including phenoxy) is 1. The Balaban J connectivity index is 1.71. The highest BCUT2D eigenvalue weighted by Gasteiger charge is 2.54. The van der Waals surface area contributed by atoms with Crippen molar-refractivity contribution in [3.8, 4) is 0 Å². The summed E-state index contributed by atoms with van der Waals surface area (Å²) < 4.78 is 35.4. The normalized spacial score (nSPS) is 21.1. The van der Waals surface area contributed by atoms with Crippen molar-refractivity contribution in [2.45, 2.75) is 29.8 Å². The van der Waals surface area contributed by atoms with Crippen molar-refractivity contribution < 1.29 is 17.9 Å². The number of hydrogen-bond donors (Lipinski definition) is 0. The van der Waals surface area contributed by atoms with E-state index in [0.717, 1.165) is 22.1 Å². The Morgan fingerprint density at radius 1 is 1.03 bits per heavy atom. The van der Waals surface area contributed by atoms with E-state index in [-0.39, 0.29) is 10.9 Å². The molecule has 1 aromatic heterocycles. The molecular weight excluding hydrogens is 508 g/mol. The van der Waals surface area contributed by atoms with Crippen LogP contribution in [0.1, 0.15) is 28.4 Å². The van der Waals surface area contributed by atoms with Crippen LogP contribution in [0, 0.1) is 6.92 Å². The summed E-state index contributed by atoms with van der Waals surface area (Å²) in [4.78, 5) is 15.6. The van der Waals surface area contributed by atoms with Gasteiger partial charge in [-0.3, -0.25) is 4.90 Å². The van der Waals surface area contributed by atoms with Crippen LogP contribution in [-0.2, 0) is 26.0 Å². The fraction of sp³-hybridized carbons (Fsp3) is 0.207. The molecular formula is C29H25ClN2O4S. The number of fused-ring (bicyclic) bond motifs is 4. The first-order chi connectivity index (χ1) is 17.8. The maximum atomic E-state index is 14.3. The summed E-state index contributed by atoms with van der Waals surface area (Å²) in [6.07, 6.45) is 4.14. The Morgan fingerprint density at radius 2 is 1.73 bits per heavy atom. The van der Waals surface area contributed by atoms with Crippen LogP contribution in [-0.4, -0.2) is 42.5 Å². The lowest BCUT2D eigenvalue weighted by Gasteiger charge is -2.45. The lowest BCUT2D eigenvalue weighted by atomic mass is 9.80. The lowest BCUT2D eigenvalue weighted by Crippen LogP contribution is -2.57. The predicted molar refractivity (Wildman–Crippen MR) is 143 cm³/mol. The number of esters is 1. The van der Waals surface area contributed by atoms with Crippen molar-refractivity contribution in [2.24, 2.45) is 0 Å². The molecule has 6 rings (SSSR count). The zero-order chi connectivity index (χ0) is 25.9. The van der Waals surface area contributed by atoms with E-state index in [1.807, 2.05) is 60.4 Å². The standard InChI is InChI=1S/C29H25ClN2O4S/c1-19-8-14-22(15-9-19)37(34,35)32-25-7-4-3-6-23(25)24-18-29(28(33)36-2)16-5-17-31(29)26(27(24)32)20-10-12-21(30)13-11-20/h3-16,26H,17-18H2,1-2H3/t26-,29-/m1/s1. The molecule has 6 nitrogen and oxygen atoms in total.